The number of aryl methyl sites for hydroxylation is 1. The number of aromatic nitrogens is 2. The average Bonchev–Trinajstić information content (AvgIpc) is 2.41. The molecule has 0 bridgehead atoms. The Kier molecular flexibility index (Phi) is 4.12. The van der Waals surface area contributed by atoms with Crippen molar-refractivity contribution in [1.82, 2.24) is 10.2 Å². The zero-order valence-electron chi connectivity index (χ0n) is 10.1. The second kappa shape index (κ2) is 5.80. The topological polar surface area (TPSA) is 61.0 Å². The second-order valence-electron chi connectivity index (χ2n) is 3.77. The van der Waals surface area contributed by atoms with E-state index in [1.165, 1.54) is 0 Å². The van der Waals surface area contributed by atoms with Crippen molar-refractivity contribution in [3.8, 4) is 11.6 Å². The van der Waals surface area contributed by atoms with Crippen LogP contribution >= 0.6 is 11.6 Å². The number of halogens is 1. The van der Waals surface area contributed by atoms with Gasteiger partial charge in [-0.25, -0.2) is 0 Å². The zero-order chi connectivity index (χ0) is 13.0. The molecule has 0 unspecified atom stereocenters. The minimum absolute atomic E-state index is 0.360. The van der Waals surface area contributed by atoms with E-state index in [1.54, 1.807) is 18.3 Å². The van der Waals surface area contributed by atoms with Gasteiger partial charge in [0.2, 0.25) is 5.88 Å². The van der Waals surface area contributed by atoms with E-state index < -0.39 is 0 Å². The van der Waals surface area contributed by atoms with Crippen molar-refractivity contribution in [2.24, 2.45) is 5.73 Å². The fourth-order valence-electron chi connectivity index (χ4n) is 1.58. The molecule has 4 nitrogen and oxygen atoms in total. The van der Waals surface area contributed by atoms with Crippen molar-refractivity contribution in [2.45, 2.75) is 19.9 Å². The average molecular weight is 264 g/mol. The minimum atomic E-state index is 0.360. The molecule has 0 saturated carbocycles. The molecule has 0 atom stereocenters. The fraction of sp³-hybridized carbons (Fsp3) is 0.231. The summed E-state index contributed by atoms with van der Waals surface area (Å²) >= 11 is 6.05. The maximum absolute atomic E-state index is 6.05. The smallest absolute Gasteiger partial charge is 0.243 e. The summed E-state index contributed by atoms with van der Waals surface area (Å²) in [5.41, 5.74) is 7.47. The third-order valence-electron chi connectivity index (χ3n) is 2.60. The molecular weight excluding hydrogens is 250 g/mol. The Morgan fingerprint density at radius 1 is 1.28 bits per heavy atom. The normalized spacial score (nSPS) is 10.4. The van der Waals surface area contributed by atoms with E-state index in [-0.39, 0.29) is 0 Å². The van der Waals surface area contributed by atoms with Crippen LogP contribution in [0.5, 0.6) is 11.6 Å². The third kappa shape index (κ3) is 2.78. The summed E-state index contributed by atoms with van der Waals surface area (Å²) in [6.45, 7) is 2.40. The van der Waals surface area contributed by atoms with Crippen LogP contribution in [0.15, 0.2) is 30.5 Å². The molecule has 2 N–H and O–H groups in total. The lowest BCUT2D eigenvalue weighted by molar-refractivity contribution is 0.448. The molecule has 18 heavy (non-hydrogen) atoms. The summed E-state index contributed by atoms with van der Waals surface area (Å²) in [5, 5.41) is 8.47. The number of nitrogens with two attached hydrogens (primary N) is 1. The Morgan fingerprint density at radius 2 is 2.11 bits per heavy atom. The van der Waals surface area contributed by atoms with Gasteiger partial charge in [-0.2, -0.15) is 5.10 Å². The van der Waals surface area contributed by atoms with Crippen LogP contribution in [-0.2, 0) is 13.0 Å². The largest absolute Gasteiger partial charge is 0.437 e. The van der Waals surface area contributed by atoms with Crippen molar-refractivity contribution >= 4 is 11.6 Å². The summed E-state index contributed by atoms with van der Waals surface area (Å²) in [6, 6.07) is 7.31. The summed E-state index contributed by atoms with van der Waals surface area (Å²) < 4.78 is 5.69. The minimum Gasteiger partial charge on any atom is -0.437 e. The Labute approximate surface area is 111 Å². The molecule has 0 saturated heterocycles. The van der Waals surface area contributed by atoms with Gasteiger partial charge in [-0.15, -0.1) is 5.10 Å². The van der Waals surface area contributed by atoms with Crippen molar-refractivity contribution < 1.29 is 4.74 Å². The second-order valence-corrected chi connectivity index (χ2v) is 4.18. The van der Waals surface area contributed by atoms with E-state index >= 15 is 0 Å². The van der Waals surface area contributed by atoms with Gasteiger partial charge in [0.15, 0.2) is 0 Å². The van der Waals surface area contributed by atoms with Crippen LogP contribution in [-0.4, -0.2) is 10.2 Å². The Hall–Kier alpha value is -1.65. The van der Waals surface area contributed by atoms with Crippen LogP contribution < -0.4 is 10.5 Å². The van der Waals surface area contributed by atoms with Gasteiger partial charge in [0, 0.05) is 17.1 Å². The van der Waals surface area contributed by atoms with Gasteiger partial charge >= 0.3 is 0 Å². The number of hydrogen-bond donors (Lipinski definition) is 1. The predicted octanol–water partition coefficient (Wildman–Crippen LogP) is 2.94. The van der Waals surface area contributed by atoms with Crippen molar-refractivity contribution in [3.05, 3.63) is 46.6 Å². The molecule has 5 heteroatoms. The van der Waals surface area contributed by atoms with Crippen LogP contribution in [0.4, 0.5) is 0 Å². The summed E-state index contributed by atoms with van der Waals surface area (Å²) in [6.07, 6.45) is 2.44. The number of hydrogen-bond acceptors (Lipinski definition) is 4. The highest BCUT2D eigenvalue weighted by molar-refractivity contribution is 6.31. The standard InChI is InChI=1S/C13H14ClN3O/c1-2-9-7-11(3-4-12(9)14)18-13-10(8-15)5-6-16-17-13/h3-7H,2,8,15H2,1H3. The first-order chi connectivity index (χ1) is 8.74. The molecule has 2 aromatic rings. The summed E-state index contributed by atoms with van der Waals surface area (Å²) in [5.74, 6) is 1.12. The van der Waals surface area contributed by atoms with Crippen molar-refractivity contribution in [3.63, 3.8) is 0 Å². The van der Waals surface area contributed by atoms with E-state index in [1.807, 2.05) is 19.1 Å². The van der Waals surface area contributed by atoms with Crippen LogP contribution in [0.25, 0.3) is 0 Å². The molecular formula is C13H14ClN3O. The molecule has 0 aliphatic heterocycles. The predicted molar refractivity (Wildman–Crippen MR) is 70.8 cm³/mol. The van der Waals surface area contributed by atoms with E-state index in [0.29, 0.717) is 18.2 Å². The highest BCUT2D eigenvalue weighted by Gasteiger charge is 2.07. The Balaban J connectivity index is 2.28. The summed E-state index contributed by atoms with van der Waals surface area (Å²) in [4.78, 5) is 0. The molecule has 94 valence electrons. The Bertz CT molecular complexity index is 546. The third-order valence-corrected chi connectivity index (χ3v) is 2.97. The number of benzene rings is 1. The lowest BCUT2D eigenvalue weighted by Crippen LogP contribution is -2.02. The molecule has 0 spiro atoms. The maximum Gasteiger partial charge on any atom is 0.243 e. The SMILES string of the molecule is CCc1cc(Oc2nnccc2CN)ccc1Cl. The molecule has 1 aromatic heterocycles. The van der Waals surface area contributed by atoms with Crippen molar-refractivity contribution in [2.75, 3.05) is 0 Å². The molecule has 0 radical (unpaired) electrons. The lowest BCUT2D eigenvalue weighted by atomic mass is 10.1. The van der Waals surface area contributed by atoms with Crippen LogP contribution in [0.3, 0.4) is 0 Å². The van der Waals surface area contributed by atoms with Crippen molar-refractivity contribution in [1.29, 1.82) is 0 Å². The van der Waals surface area contributed by atoms with Gasteiger partial charge in [-0.3, -0.25) is 0 Å². The monoisotopic (exact) mass is 263 g/mol. The first kappa shape index (κ1) is 12.8. The van der Waals surface area contributed by atoms with E-state index in [9.17, 15) is 0 Å². The quantitative estimate of drug-likeness (QED) is 0.921. The van der Waals surface area contributed by atoms with Gasteiger partial charge in [-0.1, -0.05) is 18.5 Å². The molecule has 1 aromatic carbocycles. The molecule has 0 aliphatic rings. The van der Waals surface area contributed by atoms with Crippen LogP contribution in [0, 0.1) is 0 Å². The maximum atomic E-state index is 6.05. The fourth-order valence-corrected chi connectivity index (χ4v) is 1.83. The Morgan fingerprint density at radius 3 is 2.83 bits per heavy atom. The number of nitrogens with zero attached hydrogens (tertiary/aromatic N) is 2. The van der Waals surface area contributed by atoms with Gasteiger partial charge in [0.1, 0.15) is 5.75 Å². The van der Waals surface area contributed by atoms with E-state index in [2.05, 4.69) is 10.2 Å². The molecule has 0 amide bonds. The molecule has 0 aliphatic carbocycles. The van der Waals surface area contributed by atoms with Crippen LogP contribution in [0.1, 0.15) is 18.1 Å². The molecule has 1 heterocycles. The van der Waals surface area contributed by atoms with E-state index in [0.717, 1.165) is 22.6 Å². The first-order valence-electron chi connectivity index (χ1n) is 5.71. The van der Waals surface area contributed by atoms with Gasteiger partial charge in [0.05, 0.1) is 6.20 Å². The highest BCUT2D eigenvalue weighted by Crippen LogP contribution is 2.26. The molecule has 0 fully saturated rings. The zero-order valence-corrected chi connectivity index (χ0v) is 10.8. The van der Waals surface area contributed by atoms with Gasteiger partial charge in [-0.05, 0) is 36.2 Å². The lowest BCUT2D eigenvalue weighted by Gasteiger charge is -2.09. The number of ether oxygens (including phenoxy) is 1. The van der Waals surface area contributed by atoms with Crippen LogP contribution in [0.2, 0.25) is 5.02 Å². The highest BCUT2D eigenvalue weighted by atomic mass is 35.5. The summed E-state index contributed by atoms with van der Waals surface area (Å²) in [7, 11) is 0. The number of rotatable bonds is 4. The van der Waals surface area contributed by atoms with Gasteiger partial charge in [0.25, 0.3) is 0 Å². The van der Waals surface area contributed by atoms with E-state index in [4.69, 9.17) is 22.1 Å². The molecule has 2 rings (SSSR count). The first-order valence-corrected chi connectivity index (χ1v) is 6.09. The van der Waals surface area contributed by atoms with Gasteiger partial charge < -0.3 is 10.5 Å².